The molecule has 0 rings (SSSR count). The van der Waals surface area contributed by atoms with Gasteiger partial charge >= 0.3 is 23.9 Å². The number of hydrogen-bond acceptors (Lipinski definition) is 8. The number of nitrogens with two attached hydrogens (primary N) is 2. The predicted octanol–water partition coefficient (Wildman–Crippen LogP) is 1.70. The molecule has 0 bridgehead atoms. The fourth-order valence-electron chi connectivity index (χ4n) is 1.88. The smallest absolute Gasteiger partial charge is 0.327 e. The van der Waals surface area contributed by atoms with Gasteiger partial charge < -0.3 is 31.2 Å². The first-order chi connectivity index (χ1) is 14.4. The fraction of sp³-hybridized carbons (Fsp3) is 0.714. The highest BCUT2D eigenvalue weighted by Gasteiger charge is 2.18. The molecule has 2 atom stereocenters. The molecule has 0 fully saturated rings. The van der Waals surface area contributed by atoms with Gasteiger partial charge in [-0.25, -0.2) is 4.79 Å². The van der Waals surface area contributed by atoms with Crippen LogP contribution in [0.25, 0.3) is 0 Å². The molecule has 0 aromatic carbocycles. The van der Waals surface area contributed by atoms with Gasteiger partial charge in [-0.05, 0) is 31.1 Å². The third-order valence-corrected chi connectivity index (χ3v) is 4.05. The third kappa shape index (κ3) is 19.3. The van der Waals surface area contributed by atoms with E-state index in [4.69, 9.17) is 31.2 Å². The minimum Gasteiger partial charge on any atom is -0.481 e. The molecule has 0 spiro atoms. The van der Waals surface area contributed by atoms with E-state index < -0.39 is 30.0 Å². The number of carbonyl (C=O) groups excluding carboxylic acids is 2. The Morgan fingerprint density at radius 1 is 0.806 bits per heavy atom. The van der Waals surface area contributed by atoms with Gasteiger partial charge in [-0.2, -0.15) is 0 Å². The van der Waals surface area contributed by atoms with E-state index >= 15 is 0 Å². The largest absolute Gasteiger partial charge is 0.481 e. The molecule has 0 saturated carbocycles. The molecule has 31 heavy (non-hydrogen) atoms. The van der Waals surface area contributed by atoms with Gasteiger partial charge in [0, 0.05) is 18.9 Å². The van der Waals surface area contributed by atoms with E-state index in [2.05, 4.69) is 0 Å². The van der Waals surface area contributed by atoms with Crippen LogP contribution in [0, 0.1) is 11.8 Å². The lowest BCUT2D eigenvalue weighted by molar-refractivity contribution is -0.147. The van der Waals surface area contributed by atoms with Gasteiger partial charge in [-0.15, -0.1) is 0 Å². The number of unbranched alkanes of at least 4 members (excludes halogenated alkanes) is 2. The molecule has 0 heterocycles. The molecule has 0 aliphatic carbocycles. The topological polar surface area (TPSA) is 179 Å². The summed E-state index contributed by atoms with van der Waals surface area (Å²) in [5.41, 5.74) is 11.1. The minimum atomic E-state index is -1.01. The van der Waals surface area contributed by atoms with Crippen LogP contribution in [0.3, 0.4) is 0 Å². The third-order valence-electron chi connectivity index (χ3n) is 4.05. The standard InChI is InChI=1S/C11H21NO4.C10H17NO4/c1-8(2)10(12)11(15)16-7-5-3-4-6-9(13)14;1-7(2)9(11)10(14)15-6-4-3-5-8(12)13/h8,10H,3-7,12H2,1-2H3,(H,13,14);3,5,7,9H,4,6,11H2,1-2H3,(H,12,13)/t10-;9-/m00/s1. The second-order valence-corrected chi connectivity index (χ2v) is 7.61. The summed E-state index contributed by atoms with van der Waals surface area (Å²) in [6.45, 7) is 7.85. The summed E-state index contributed by atoms with van der Waals surface area (Å²) in [4.78, 5) is 42.8. The van der Waals surface area contributed by atoms with Crippen LogP contribution in [0.2, 0.25) is 0 Å². The molecular weight excluding hydrogens is 408 g/mol. The normalized spacial score (nSPS) is 12.8. The number of carboxylic acid groups (broad SMARTS) is 2. The maximum Gasteiger partial charge on any atom is 0.327 e. The van der Waals surface area contributed by atoms with Crippen molar-refractivity contribution in [3.8, 4) is 0 Å². The lowest BCUT2D eigenvalue weighted by atomic mass is 10.1. The van der Waals surface area contributed by atoms with Gasteiger partial charge in [0.2, 0.25) is 0 Å². The first-order valence-electron chi connectivity index (χ1n) is 10.4. The van der Waals surface area contributed by atoms with Crippen LogP contribution in [0.15, 0.2) is 12.2 Å². The van der Waals surface area contributed by atoms with E-state index in [0.717, 1.165) is 12.5 Å². The van der Waals surface area contributed by atoms with E-state index in [9.17, 15) is 19.2 Å². The molecule has 0 aliphatic heterocycles. The molecule has 10 heteroatoms. The van der Waals surface area contributed by atoms with Crippen molar-refractivity contribution in [3.05, 3.63) is 12.2 Å². The number of hydrogen-bond donors (Lipinski definition) is 4. The number of rotatable bonds is 14. The average Bonchev–Trinajstić information content (AvgIpc) is 2.68. The van der Waals surface area contributed by atoms with Crippen LogP contribution in [-0.2, 0) is 28.7 Å². The van der Waals surface area contributed by atoms with Crippen molar-refractivity contribution in [2.24, 2.45) is 23.3 Å². The number of aliphatic carboxylic acids is 2. The Balaban J connectivity index is 0. The molecule has 180 valence electrons. The van der Waals surface area contributed by atoms with Crippen molar-refractivity contribution in [1.29, 1.82) is 0 Å². The Hall–Kier alpha value is -2.46. The zero-order valence-corrected chi connectivity index (χ0v) is 18.9. The maximum atomic E-state index is 11.3. The van der Waals surface area contributed by atoms with Crippen LogP contribution in [-0.4, -0.2) is 59.4 Å². The zero-order chi connectivity index (χ0) is 24.4. The summed E-state index contributed by atoms with van der Waals surface area (Å²) < 4.78 is 9.80. The Morgan fingerprint density at radius 2 is 1.29 bits per heavy atom. The molecule has 10 nitrogen and oxygen atoms in total. The number of carbonyl (C=O) groups is 4. The summed E-state index contributed by atoms with van der Waals surface area (Å²) in [6.07, 6.45) is 5.03. The molecular formula is C21H38N2O8. The number of ether oxygens (including phenoxy) is 2. The predicted molar refractivity (Wildman–Crippen MR) is 115 cm³/mol. The molecule has 6 N–H and O–H groups in total. The molecule has 0 aliphatic rings. The summed E-state index contributed by atoms with van der Waals surface area (Å²) in [6, 6.07) is -1.19. The van der Waals surface area contributed by atoms with E-state index in [1.165, 1.54) is 6.08 Å². The second-order valence-electron chi connectivity index (χ2n) is 7.61. The van der Waals surface area contributed by atoms with Crippen molar-refractivity contribution < 1.29 is 38.9 Å². The van der Waals surface area contributed by atoms with Crippen LogP contribution in [0.1, 0.15) is 59.8 Å². The summed E-state index contributed by atoms with van der Waals surface area (Å²) in [7, 11) is 0. The van der Waals surface area contributed by atoms with E-state index in [1.54, 1.807) is 0 Å². The monoisotopic (exact) mass is 446 g/mol. The van der Waals surface area contributed by atoms with Gasteiger partial charge in [0.15, 0.2) is 0 Å². The second kappa shape index (κ2) is 18.3. The summed E-state index contributed by atoms with van der Waals surface area (Å²) >= 11 is 0. The number of esters is 2. The molecule has 0 aromatic rings. The Morgan fingerprint density at radius 3 is 1.71 bits per heavy atom. The molecule has 0 radical (unpaired) electrons. The Labute approximate surface area is 183 Å². The Kier molecular flexibility index (Phi) is 18.2. The lowest BCUT2D eigenvalue weighted by Crippen LogP contribution is -2.37. The van der Waals surface area contributed by atoms with Gasteiger partial charge in [-0.3, -0.25) is 14.4 Å². The highest BCUT2D eigenvalue weighted by atomic mass is 16.5. The number of carboxylic acids is 2. The fourth-order valence-corrected chi connectivity index (χ4v) is 1.88. The van der Waals surface area contributed by atoms with Crippen LogP contribution in [0.4, 0.5) is 0 Å². The van der Waals surface area contributed by atoms with E-state index in [-0.39, 0.29) is 30.8 Å². The van der Waals surface area contributed by atoms with Crippen molar-refractivity contribution in [1.82, 2.24) is 0 Å². The summed E-state index contributed by atoms with van der Waals surface area (Å²) in [5.74, 6) is -2.53. The van der Waals surface area contributed by atoms with Gasteiger partial charge in [0.05, 0.1) is 13.2 Å². The van der Waals surface area contributed by atoms with Crippen molar-refractivity contribution in [2.45, 2.75) is 71.9 Å². The average molecular weight is 447 g/mol. The van der Waals surface area contributed by atoms with Crippen LogP contribution >= 0.6 is 0 Å². The summed E-state index contributed by atoms with van der Waals surface area (Å²) in [5, 5.41) is 16.7. The SMILES string of the molecule is CC(C)[C@H](N)C(=O)OCCC=CC(=O)O.CC(C)[C@H](N)C(=O)OCCCCCC(=O)O. The maximum absolute atomic E-state index is 11.3. The highest BCUT2D eigenvalue weighted by molar-refractivity contribution is 5.79. The van der Waals surface area contributed by atoms with Crippen molar-refractivity contribution in [3.63, 3.8) is 0 Å². The molecule has 0 amide bonds. The van der Waals surface area contributed by atoms with Gasteiger partial charge in [0.25, 0.3) is 0 Å². The van der Waals surface area contributed by atoms with E-state index in [1.807, 2.05) is 27.7 Å². The van der Waals surface area contributed by atoms with Crippen LogP contribution < -0.4 is 11.5 Å². The Bertz CT molecular complexity index is 576. The lowest BCUT2D eigenvalue weighted by Gasteiger charge is -2.14. The molecule has 0 saturated heterocycles. The first kappa shape index (κ1) is 30.7. The zero-order valence-electron chi connectivity index (χ0n) is 18.9. The molecule has 0 unspecified atom stereocenters. The van der Waals surface area contributed by atoms with Gasteiger partial charge in [0.1, 0.15) is 12.1 Å². The first-order valence-corrected chi connectivity index (χ1v) is 10.4. The van der Waals surface area contributed by atoms with Crippen molar-refractivity contribution >= 4 is 23.9 Å². The quantitative estimate of drug-likeness (QED) is 0.174. The molecule has 0 aromatic heterocycles. The van der Waals surface area contributed by atoms with E-state index in [0.29, 0.717) is 25.9 Å². The van der Waals surface area contributed by atoms with Crippen molar-refractivity contribution in [2.75, 3.05) is 13.2 Å². The van der Waals surface area contributed by atoms with Gasteiger partial charge in [-0.1, -0.05) is 33.8 Å². The minimum absolute atomic E-state index is 0.0343. The van der Waals surface area contributed by atoms with Crippen LogP contribution in [0.5, 0.6) is 0 Å². The highest BCUT2D eigenvalue weighted by Crippen LogP contribution is 2.04.